The fourth-order valence-electron chi connectivity index (χ4n) is 3.08. The lowest BCUT2D eigenvalue weighted by atomic mass is 10.0. The van der Waals surface area contributed by atoms with Gasteiger partial charge in [-0.3, -0.25) is 5.32 Å². The minimum Gasteiger partial charge on any atom is -0.454 e. The highest BCUT2D eigenvalue weighted by Crippen LogP contribution is 2.39. The third-order valence-corrected chi connectivity index (χ3v) is 4.15. The van der Waals surface area contributed by atoms with Crippen LogP contribution in [-0.4, -0.2) is 29.4 Å². The van der Waals surface area contributed by atoms with Gasteiger partial charge in [-0.25, -0.2) is 4.79 Å². The average molecular weight is 315 g/mol. The number of benzene rings is 1. The molecular formula is C16H17N3O4. The quantitative estimate of drug-likeness (QED) is 0.921. The Hall–Kier alpha value is -2.70. The molecule has 1 atom stereocenters. The smallest absolute Gasteiger partial charge is 0.324 e. The van der Waals surface area contributed by atoms with E-state index in [1.54, 1.807) is 6.07 Å². The van der Waals surface area contributed by atoms with Crippen LogP contribution in [0.5, 0.6) is 11.5 Å². The predicted molar refractivity (Wildman–Crippen MR) is 81.5 cm³/mol. The molecule has 0 aliphatic carbocycles. The molecule has 1 saturated heterocycles. The SMILES string of the molecule is Cc1cc(NC(=O)N2CCCC2c2ccc3c(c2)OCO3)on1. The number of carbonyl (C=O) groups excluding carboxylic acids is 1. The molecule has 1 N–H and O–H groups in total. The van der Waals surface area contributed by atoms with Crippen molar-refractivity contribution >= 4 is 11.9 Å². The highest BCUT2D eigenvalue weighted by Gasteiger charge is 2.31. The van der Waals surface area contributed by atoms with Gasteiger partial charge in [0.05, 0.1) is 11.7 Å². The number of fused-ring (bicyclic) bond motifs is 1. The molecule has 23 heavy (non-hydrogen) atoms. The van der Waals surface area contributed by atoms with Gasteiger partial charge in [0, 0.05) is 12.6 Å². The summed E-state index contributed by atoms with van der Waals surface area (Å²) < 4.78 is 15.8. The number of aromatic nitrogens is 1. The van der Waals surface area contributed by atoms with Gasteiger partial charge in [0.1, 0.15) is 0 Å². The number of anilines is 1. The van der Waals surface area contributed by atoms with Crippen LogP contribution in [0.2, 0.25) is 0 Å². The molecule has 1 aromatic carbocycles. The summed E-state index contributed by atoms with van der Waals surface area (Å²) in [5.74, 6) is 1.85. The van der Waals surface area contributed by atoms with Gasteiger partial charge in [-0.1, -0.05) is 11.2 Å². The topological polar surface area (TPSA) is 76.8 Å². The Bertz CT molecular complexity index is 743. The molecule has 0 bridgehead atoms. The molecule has 2 amide bonds. The number of nitrogens with one attached hydrogen (secondary N) is 1. The molecule has 0 saturated carbocycles. The zero-order valence-electron chi connectivity index (χ0n) is 12.7. The first-order valence-electron chi connectivity index (χ1n) is 7.61. The number of hydrogen-bond acceptors (Lipinski definition) is 5. The van der Waals surface area contributed by atoms with Crippen LogP contribution in [0.1, 0.15) is 30.1 Å². The first kappa shape index (κ1) is 13.9. The van der Waals surface area contributed by atoms with Crippen molar-refractivity contribution < 1.29 is 18.8 Å². The molecule has 120 valence electrons. The van der Waals surface area contributed by atoms with Crippen LogP contribution >= 0.6 is 0 Å². The maximum Gasteiger partial charge on any atom is 0.324 e. The Morgan fingerprint density at radius 1 is 1.30 bits per heavy atom. The number of rotatable bonds is 2. The minimum absolute atomic E-state index is 0.0218. The number of ether oxygens (including phenoxy) is 2. The van der Waals surface area contributed by atoms with Crippen molar-refractivity contribution in [3.8, 4) is 11.5 Å². The van der Waals surface area contributed by atoms with E-state index in [1.165, 1.54) is 0 Å². The maximum atomic E-state index is 12.5. The lowest BCUT2D eigenvalue weighted by Gasteiger charge is -2.24. The molecule has 0 spiro atoms. The number of nitrogens with zero attached hydrogens (tertiary/aromatic N) is 2. The molecule has 0 radical (unpaired) electrons. The van der Waals surface area contributed by atoms with E-state index in [4.69, 9.17) is 14.0 Å². The van der Waals surface area contributed by atoms with Crippen molar-refractivity contribution in [3.05, 3.63) is 35.5 Å². The Labute approximate surface area is 133 Å². The molecule has 4 rings (SSSR count). The van der Waals surface area contributed by atoms with Gasteiger partial charge < -0.3 is 18.9 Å². The number of carbonyl (C=O) groups is 1. The summed E-state index contributed by atoms with van der Waals surface area (Å²) in [6.45, 7) is 2.76. The molecule has 1 aromatic heterocycles. The molecular weight excluding hydrogens is 298 g/mol. The van der Waals surface area contributed by atoms with Crippen LogP contribution < -0.4 is 14.8 Å². The summed E-state index contributed by atoms with van der Waals surface area (Å²) in [6.07, 6.45) is 1.88. The molecule has 2 aromatic rings. The van der Waals surface area contributed by atoms with Gasteiger partial charge in [-0.2, -0.15) is 0 Å². The number of urea groups is 1. The molecule has 7 heteroatoms. The number of aryl methyl sites for hydroxylation is 1. The second kappa shape index (κ2) is 5.49. The Morgan fingerprint density at radius 2 is 2.17 bits per heavy atom. The second-order valence-corrected chi connectivity index (χ2v) is 5.73. The predicted octanol–water partition coefficient (Wildman–Crippen LogP) is 3.08. The van der Waals surface area contributed by atoms with Gasteiger partial charge in [0.15, 0.2) is 11.5 Å². The Morgan fingerprint density at radius 3 is 3.00 bits per heavy atom. The monoisotopic (exact) mass is 315 g/mol. The van der Waals surface area contributed by atoms with E-state index in [0.29, 0.717) is 12.4 Å². The number of likely N-dealkylation sites (tertiary alicyclic amines) is 1. The summed E-state index contributed by atoms with van der Waals surface area (Å²) in [6, 6.07) is 7.38. The first-order valence-corrected chi connectivity index (χ1v) is 7.61. The molecule has 2 aliphatic heterocycles. The normalized spacial score (nSPS) is 19.2. The van der Waals surface area contributed by atoms with E-state index < -0.39 is 0 Å². The molecule has 1 unspecified atom stereocenters. The van der Waals surface area contributed by atoms with Crippen molar-refractivity contribution in [1.29, 1.82) is 0 Å². The van der Waals surface area contributed by atoms with E-state index in [1.807, 2.05) is 30.0 Å². The standard InChI is InChI=1S/C16H17N3O4/c1-10-7-15(23-18-10)17-16(20)19-6-2-3-12(19)11-4-5-13-14(8-11)22-9-21-13/h4-5,7-8,12H,2-3,6,9H2,1H3,(H,17,20). The summed E-state index contributed by atoms with van der Waals surface area (Å²) in [5.41, 5.74) is 1.78. The van der Waals surface area contributed by atoms with Crippen LogP contribution in [0.15, 0.2) is 28.8 Å². The molecule has 1 fully saturated rings. The van der Waals surface area contributed by atoms with E-state index >= 15 is 0 Å². The van der Waals surface area contributed by atoms with Crippen molar-refractivity contribution in [3.63, 3.8) is 0 Å². The summed E-state index contributed by atoms with van der Waals surface area (Å²) in [4.78, 5) is 14.3. The molecule has 3 heterocycles. The van der Waals surface area contributed by atoms with E-state index in [0.717, 1.165) is 35.6 Å². The van der Waals surface area contributed by atoms with E-state index in [2.05, 4.69) is 10.5 Å². The van der Waals surface area contributed by atoms with Gasteiger partial charge in [-0.15, -0.1) is 0 Å². The van der Waals surface area contributed by atoms with E-state index in [9.17, 15) is 4.79 Å². The highest BCUT2D eigenvalue weighted by atomic mass is 16.7. The Balaban J connectivity index is 1.53. The van der Waals surface area contributed by atoms with Crippen LogP contribution in [0.25, 0.3) is 0 Å². The van der Waals surface area contributed by atoms with Gasteiger partial charge >= 0.3 is 6.03 Å². The van der Waals surface area contributed by atoms with Gasteiger partial charge in [-0.05, 0) is 37.5 Å². The third-order valence-electron chi connectivity index (χ3n) is 4.15. The largest absolute Gasteiger partial charge is 0.454 e. The van der Waals surface area contributed by atoms with E-state index in [-0.39, 0.29) is 18.9 Å². The summed E-state index contributed by atoms with van der Waals surface area (Å²) in [5, 5.41) is 6.53. The lowest BCUT2D eigenvalue weighted by molar-refractivity contribution is 0.173. The van der Waals surface area contributed by atoms with Gasteiger partial charge in [0.25, 0.3) is 0 Å². The lowest BCUT2D eigenvalue weighted by Crippen LogP contribution is -2.34. The van der Waals surface area contributed by atoms with Crippen LogP contribution in [0.3, 0.4) is 0 Å². The number of hydrogen-bond donors (Lipinski definition) is 1. The Kier molecular flexibility index (Phi) is 3.33. The van der Waals surface area contributed by atoms with Crippen LogP contribution in [-0.2, 0) is 0 Å². The van der Waals surface area contributed by atoms with Crippen molar-refractivity contribution in [2.45, 2.75) is 25.8 Å². The van der Waals surface area contributed by atoms with Gasteiger partial charge in [0.2, 0.25) is 12.7 Å². The molecule has 7 nitrogen and oxygen atoms in total. The third kappa shape index (κ3) is 2.58. The maximum absolute atomic E-state index is 12.5. The van der Waals surface area contributed by atoms with Crippen molar-refractivity contribution in [2.24, 2.45) is 0 Å². The molecule has 2 aliphatic rings. The van der Waals surface area contributed by atoms with Crippen LogP contribution in [0, 0.1) is 6.92 Å². The minimum atomic E-state index is -0.179. The summed E-state index contributed by atoms with van der Waals surface area (Å²) in [7, 11) is 0. The zero-order valence-corrected chi connectivity index (χ0v) is 12.7. The zero-order chi connectivity index (χ0) is 15.8. The number of amides is 2. The average Bonchev–Trinajstić information content (AvgIpc) is 3.25. The highest BCUT2D eigenvalue weighted by molar-refractivity contribution is 5.88. The fourth-order valence-corrected chi connectivity index (χ4v) is 3.08. The second-order valence-electron chi connectivity index (χ2n) is 5.73. The van der Waals surface area contributed by atoms with Crippen molar-refractivity contribution in [2.75, 3.05) is 18.7 Å². The van der Waals surface area contributed by atoms with Crippen LogP contribution in [0.4, 0.5) is 10.7 Å². The summed E-state index contributed by atoms with van der Waals surface area (Å²) >= 11 is 0. The first-order chi connectivity index (χ1) is 11.2. The van der Waals surface area contributed by atoms with Crippen molar-refractivity contribution in [1.82, 2.24) is 10.1 Å². The fraction of sp³-hybridized carbons (Fsp3) is 0.375.